The number of hydrogen-bond donors (Lipinski definition) is 1. The Morgan fingerprint density at radius 1 is 0.722 bits per heavy atom. The molecule has 0 spiro atoms. The zero-order valence-electron chi connectivity index (χ0n) is 8.78. The molecule has 0 fully saturated rings. The quantitative estimate of drug-likeness (QED) is 0.420. The molecule has 0 atom stereocenters. The fourth-order valence-electron chi connectivity index (χ4n) is 0.363. The van der Waals surface area contributed by atoms with Crippen molar-refractivity contribution in [3.05, 3.63) is 57.8 Å². The van der Waals surface area contributed by atoms with Crippen molar-refractivity contribution >= 4 is 5.69 Å². The van der Waals surface area contributed by atoms with Gasteiger partial charge in [0.2, 0.25) is 0 Å². The molecule has 0 bridgehead atoms. The van der Waals surface area contributed by atoms with Crippen LogP contribution in [-0.4, -0.2) is 4.98 Å². The van der Waals surface area contributed by atoms with Gasteiger partial charge in [0, 0.05) is 39.1 Å². The van der Waals surface area contributed by atoms with Gasteiger partial charge in [-0.15, -0.1) is 0 Å². The first-order chi connectivity index (χ1) is 8.39. The van der Waals surface area contributed by atoms with Crippen molar-refractivity contribution < 1.29 is 44.3 Å². The topological polar surface area (TPSA) is 138 Å². The van der Waals surface area contributed by atoms with Gasteiger partial charge in [-0.25, -0.2) is 0 Å². The number of nitrogen functional groups attached to an aromatic ring is 1. The second kappa shape index (κ2) is 78.5. The number of anilines is 1. The first-order valence-electron chi connectivity index (χ1n) is 3.07. The van der Waals surface area contributed by atoms with Gasteiger partial charge >= 0.3 is 56.5 Å². The predicted molar refractivity (Wildman–Crippen MR) is 48.3 cm³/mol. The van der Waals surface area contributed by atoms with Crippen LogP contribution >= 0.6 is 0 Å². The molecule has 1 rings (SSSR count). The standard InChI is InChI=1S/C5H6N2.5CO.Mo/c6-5-1-3-7-4-2-5;5*1-2;/h1-4H,(H2,6,7);;;;;;. The Morgan fingerprint density at radius 3 is 1.06 bits per heavy atom. The van der Waals surface area contributed by atoms with E-state index >= 15 is 0 Å². The molecule has 0 saturated carbocycles. The summed E-state index contributed by atoms with van der Waals surface area (Å²) in [5.41, 5.74) is 6.08. The molecule has 0 aromatic carbocycles. The normalized spacial score (nSPS) is 3.89. The molecule has 2 N–H and O–H groups in total. The summed E-state index contributed by atoms with van der Waals surface area (Å²) in [5, 5.41) is 0. The van der Waals surface area contributed by atoms with Crippen LogP contribution < -0.4 is 5.73 Å². The van der Waals surface area contributed by atoms with Crippen molar-refractivity contribution in [3.8, 4) is 0 Å². The van der Waals surface area contributed by atoms with Gasteiger partial charge in [0.05, 0.1) is 0 Å². The monoisotopic (exact) mass is 332 g/mol. The number of nitrogens with zero attached hydrogens (tertiary/aromatic N) is 1. The third-order valence-electron chi connectivity index (χ3n) is 0.706. The molecule has 92 valence electrons. The van der Waals surface area contributed by atoms with E-state index in [1.54, 1.807) is 24.5 Å². The van der Waals surface area contributed by atoms with Crippen molar-refractivity contribution in [1.82, 2.24) is 4.98 Å². The molecular weight excluding hydrogens is 324 g/mol. The van der Waals surface area contributed by atoms with E-state index in [9.17, 15) is 0 Å². The minimum Gasteiger partial charge on any atom is 0 e. The summed E-state index contributed by atoms with van der Waals surface area (Å²) in [4.78, 5) is 3.77. The van der Waals surface area contributed by atoms with Crippen LogP contribution in [0.4, 0.5) is 5.69 Å². The average molecular weight is 330 g/mol. The SMILES string of the molecule is Nc1ccncc1.[C-]#[O+].[C-]#[O+].[C-]#[O+].[C-]#[O+].[C-]#[O+].[Mo]. The molecule has 8 heteroatoms. The van der Waals surface area contributed by atoms with Gasteiger partial charge in [0.1, 0.15) is 0 Å². The summed E-state index contributed by atoms with van der Waals surface area (Å²) < 4.78 is 37.5. The van der Waals surface area contributed by atoms with Crippen molar-refractivity contribution in [3.63, 3.8) is 0 Å². The van der Waals surface area contributed by atoms with E-state index in [2.05, 4.69) is 38.2 Å². The van der Waals surface area contributed by atoms with E-state index in [1.807, 2.05) is 0 Å². The van der Waals surface area contributed by atoms with Crippen molar-refractivity contribution in [2.45, 2.75) is 0 Å². The van der Waals surface area contributed by atoms with Crippen LogP contribution in [0.15, 0.2) is 24.5 Å². The molecule has 0 saturated heterocycles. The number of hydrogen-bond acceptors (Lipinski definition) is 2. The van der Waals surface area contributed by atoms with Crippen LogP contribution in [0.1, 0.15) is 0 Å². The van der Waals surface area contributed by atoms with E-state index in [0.717, 1.165) is 5.69 Å². The van der Waals surface area contributed by atoms with Gasteiger partial charge in [-0.05, 0) is 12.1 Å². The van der Waals surface area contributed by atoms with Crippen LogP contribution in [0.3, 0.4) is 0 Å². The second-order valence-corrected chi connectivity index (χ2v) is 1.28. The van der Waals surface area contributed by atoms with Crippen LogP contribution in [0.2, 0.25) is 0 Å². The summed E-state index contributed by atoms with van der Waals surface area (Å²) in [6, 6.07) is 3.50. The Morgan fingerprint density at radius 2 is 0.944 bits per heavy atom. The van der Waals surface area contributed by atoms with Gasteiger partial charge in [-0.1, -0.05) is 0 Å². The van der Waals surface area contributed by atoms with Crippen molar-refractivity contribution in [1.29, 1.82) is 0 Å². The fourth-order valence-corrected chi connectivity index (χ4v) is 0.363. The van der Waals surface area contributed by atoms with Gasteiger partial charge in [-0.3, -0.25) is 4.98 Å². The summed E-state index contributed by atoms with van der Waals surface area (Å²) in [6.45, 7) is 22.5. The first-order valence-corrected chi connectivity index (χ1v) is 3.07. The zero-order valence-corrected chi connectivity index (χ0v) is 10.8. The summed E-state index contributed by atoms with van der Waals surface area (Å²) in [7, 11) is 0. The minimum atomic E-state index is 0. The van der Waals surface area contributed by atoms with Crippen LogP contribution in [0.25, 0.3) is 0 Å². The van der Waals surface area contributed by atoms with E-state index < -0.39 is 0 Å². The third-order valence-corrected chi connectivity index (χ3v) is 0.706. The molecule has 0 amide bonds. The Kier molecular flexibility index (Phi) is 157. The van der Waals surface area contributed by atoms with Crippen molar-refractivity contribution in [2.75, 3.05) is 5.73 Å². The van der Waals surface area contributed by atoms with Crippen LogP contribution in [0, 0.1) is 33.3 Å². The summed E-state index contributed by atoms with van der Waals surface area (Å²) in [5.74, 6) is 0. The third kappa shape index (κ3) is 63.5. The van der Waals surface area contributed by atoms with Gasteiger partial charge in [0.25, 0.3) is 0 Å². The van der Waals surface area contributed by atoms with E-state index in [4.69, 9.17) is 29.0 Å². The minimum absolute atomic E-state index is 0. The fraction of sp³-hybridized carbons (Fsp3) is 0. The van der Waals surface area contributed by atoms with Gasteiger partial charge in [0.15, 0.2) is 0 Å². The molecule has 0 aliphatic rings. The summed E-state index contributed by atoms with van der Waals surface area (Å²) >= 11 is 0. The molecule has 1 aromatic heterocycles. The molecule has 18 heavy (non-hydrogen) atoms. The molecule has 7 nitrogen and oxygen atoms in total. The van der Waals surface area contributed by atoms with Crippen molar-refractivity contribution in [2.24, 2.45) is 0 Å². The Hall–Kier alpha value is -1.66. The zero-order chi connectivity index (χ0) is 15.1. The maximum Gasteiger partial charge on any atom is 0 e. The number of pyridine rings is 1. The average Bonchev–Trinajstić information content (AvgIpc) is 2.50. The molecule has 0 aliphatic carbocycles. The smallest absolute Gasteiger partial charge is 0 e. The second-order valence-electron chi connectivity index (χ2n) is 1.28. The predicted octanol–water partition coefficient (Wildman–Crippen LogP) is 0.474. The Bertz CT molecular complexity index is 284. The van der Waals surface area contributed by atoms with Gasteiger partial charge < -0.3 is 5.73 Å². The Balaban J connectivity index is -0.0000000285. The molecule has 1 aromatic rings. The number of aromatic nitrogens is 1. The number of nitrogens with two attached hydrogens (primary N) is 1. The van der Waals surface area contributed by atoms with E-state index in [0.29, 0.717) is 0 Å². The molecule has 0 unspecified atom stereocenters. The first kappa shape index (κ1) is 36.0. The molecule has 0 radical (unpaired) electrons. The molecule has 0 aliphatic heterocycles. The maximum absolute atomic E-state index is 7.50. The maximum atomic E-state index is 7.50. The molecular formula is C10H6MoN2O5. The number of rotatable bonds is 0. The van der Waals surface area contributed by atoms with Gasteiger partial charge in [-0.2, -0.15) is 0 Å². The summed E-state index contributed by atoms with van der Waals surface area (Å²) in [6.07, 6.45) is 3.32. The Labute approximate surface area is 119 Å². The molecule has 1 heterocycles. The van der Waals surface area contributed by atoms with E-state index in [-0.39, 0.29) is 21.1 Å². The van der Waals surface area contributed by atoms with Crippen LogP contribution in [-0.2, 0) is 44.3 Å². The largest absolute Gasteiger partial charge is 0 e. The van der Waals surface area contributed by atoms with Crippen LogP contribution in [0.5, 0.6) is 0 Å². The van der Waals surface area contributed by atoms with E-state index in [1.165, 1.54) is 0 Å².